The lowest BCUT2D eigenvalue weighted by Crippen LogP contribution is -2.60. The Bertz CT molecular complexity index is 213. The van der Waals surface area contributed by atoms with Crippen molar-refractivity contribution >= 4 is 5.91 Å². The maximum Gasteiger partial charge on any atom is 0.236 e. The van der Waals surface area contributed by atoms with Crippen molar-refractivity contribution in [2.24, 2.45) is 0 Å². The summed E-state index contributed by atoms with van der Waals surface area (Å²) in [6, 6.07) is 0. The smallest absolute Gasteiger partial charge is 0.236 e. The van der Waals surface area contributed by atoms with E-state index in [-0.39, 0.29) is 11.4 Å². The summed E-state index contributed by atoms with van der Waals surface area (Å²) in [4.78, 5) is 15.6. The SMILES string of the molecule is CN(C)CCN1CC(C)(C)NCC1=O. The topological polar surface area (TPSA) is 35.6 Å². The van der Waals surface area contributed by atoms with Crippen molar-refractivity contribution in [3.05, 3.63) is 0 Å². The van der Waals surface area contributed by atoms with Gasteiger partial charge in [-0.3, -0.25) is 4.79 Å². The molecule has 14 heavy (non-hydrogen) atoms. The first-order chi connectivity index (χ1) is 6.41. The zero-order valence-electron chi connectivity index (χ0n) is 9.63. The number of piperazine rings is 1. The molecule has 82 valence electrons. The summed E-state index contributed by atoms with van der Waals surface area (Å²) in [7, 11) is 4.05. The lowest BCUT2D eigenvalue weighted by Gasteiger charge is -2.39. The van der Waals surface area contributed by atoms with Crippen LogP contribution in [0.25, 0.3) is 0 Å². The molecule has 0 saturated carbocycles. The van der Waals surface area contributed by atoms with Crippen LogP contribution >= 0.6 is 0 Å². The second kappa shape index (κ2) is 4.28. The molecule has 1 fully saturated rings. The van der Waals surface area contributed by atoms with Crippen LogP contribution in [-0.4, -0.2) is 61.5 Å². The van der Waals surface area contributed by atoms with Gasteiger partial charge >= 0.3 is 0 Å². The molecule has 0 aromatic heterocycles. The zero-order chi connectivity index (χ0) is 10.8. The predicted octanol–water partition coefficient (Wildman–Crippen LogP) is -0.242. The Hall–Kier alpha value is -0.610. The normalized spacial score (nSPS) is 21.8. The quantitative estimate of drug-likeness (QED) is 0.681. The van der Waals surface area contributed by atoms with Crippen LogP contribution in [0.3, 0.4) is 0 Å². The van der Waals surface area contributed by atoms with Crippen molar-refractivity contribution in [1.82, 2.24) is 15.1 Å². The van der Waals surface area contributed by atoms with Crippen molar-refractivity contribution in [3.8, 4) is 0 Å². The minimum absolute atomic E-state index is 0.0558. The first kappa shape index (κ1) is 11.5. The van der Waals surface area contributed by atoms with E-state index in [0.717, 1.165) is 19.6 Å². The van der Waals surface area contributed by atoms with E-state index in [2.05, 4.69) is 24.1 Å². The maximum atomic E-state index is 11.5. The highest BCUT2D eigenvalue weighted by Crippen LogP contribution is 2.10. The van der Waals surface area contributed by atoms with Gasteiger partial charge in [0.2, 0.25) is 5.91 Å². The summed E-state index contributed by atoms with van der Waals surface area (Å²) >= 11 is 0. The number of carbonyl (C=O) groups is 1. The van der Waals surface area contributed by atoms with Crippen molar-refractivity contribution in [2.75, 3.05) is 40.3 Å². The molecule has 1 rings (SSSR count). The van der Waals surface area contributed by atoms with E-state index < -0.39 is 0 Å². The van der Waals surface area contributed by atoms with E-state index in [4.69, 9.17) is 0 Å². The van der Waals surface area contributed by atoms with Gasteiger partial charge in [0.05, 0.1) is 6.54 Å². The summed E-state index contributed by atoms with van der Waals surface area (Å²) < 4.78 is 0. The van der Waals surface area contributed by atoms with Crippen LogP contribution in [0.5, 0.6) is 0 Å². The van der Waals surface area contributed by atoms with E-state index in [1.54, 1.807) is 0 Å². The lowest BCUT2D eigenvalue weighted by atomic mass is 10.0. The zero-order valence-corrected chi connectivity index (χ0v) is 9.63. The third-order valence-electron chi connectivity index (χ3n) is 2.47. The minimum atomic E-state index is 0.0558. The molecule has 0 bridgehead atoms. The molecule has 1 saturated heterocycles. The van der Waals surface area contributed by atoms with Crippen molar-refractivity contribution in [1.29, 1.82) is 0 Å². The second-order valence-electron chi connectivity index (χ2n) is 4.86. The Morgan fingerprint density at radius 2 is 2.14 bits per heavy atom. The number of hydrogen-bond acceptors (Lipinski definition) is 3. The van der Waals surface area contributed by atoms with Gasteiger partial charge in [-0.15, -0.1) is 0 Å². The Morgan fingerprint density at radius 1 is 1.50 bits per heavy atom. The molecule has 0 aliphatic carbocycles. The van der Waals surface area contributed by atoms with Crippen LogP contribution in [0.15, 0.2) is 0 Å². The molecular weight excluding hydrogens is 178 g/mol. The van der Waals surface area contributed by atoms with Gasteiger partial charge in [-0.2, -0.15) is 0 Å². The molecule has 0 radical (unpaired) electrons. The Kier molecular flexibility index (Phi) is 3.50. The molecule has 0 aromatic rings. The number of amides is 1. The Balaban J connectivity index is 2.45. The Morgan fingerprint density at radius 3 is 2.71 bits per heavy atom. The highest BCUT2D eigenvalue weighted by molar-refractivity contribution is 5.79. The summed E-state index contributed by atoms with van der Waals surface area (Å²) in [6.07, 6.45) is 0. The fourth-order valence-corrected chi connectivity index (χ4v) is 1.57. The molecule has 0 spiro atoms. The summed E-state index contributed by atoms with van der Waals surface area (Å²) in [5.41, 5.74) is 0.0558. The molecule has 0 unspecified atom stereocenters. The van der Waals surface area contributed by atoms with E-state index in [9.17, 15) is 4.79 Å². The van der Waals surface area contributed by atoms with Gasteiger partial charge in [-0.05, 0) is 27.9 Å². The van der Waals surface area contributed by atoms with Gasteiger partial charge in [-0.1, -0.05) is 0 Å². The molecule has 1 amide bonds. The summed E-state index contributed by atoms with van der Waals surface area (Å²) in [6.45, 7) is 7.29. The average Bonchev–Trinajstić information content (AvgIpc) is 2.06. The largest absolute Gasteiger partial charge is 0.338 e. The molecule has 1 N–H and O–H groups in total. The van der Waals surface area contributed by atoms with E-state index in [1.165, 1.54) is 0 Å². The van der Waals surface area contributed by atoms with Gasteiger partial charge in [0.15, 0.2) is 0 Å². The number of nitrogens with zero attached hydrogens (tertiary/aromatic N) is 2. The number of likely N-dealkylation sites (N-methyl/N-ethyl adjacent to an activating group) is 1. The molecule has 1 heterocycles. The van der Waals surface area contributed by atoms with Gasteiger partial charge in [0.1, 0.15) is 0 Å². The van der Waals surface area contributed by atoms with Crippen molar-refractivity contribution in [2.45, 2.75) is 19.4 Å². The van der Waals surface area contributed by atoms with Gasteiger partial charge in [-0.25, -0.2) is 0 Å². The molecule has 1 aliphatic rings. The molecule has 0 aromatic carbocycles. The molecule has 0 atom stereocenters. The Labute approximate surface area is 86.2 Å². The third-order valence-corrected chi connectivity index (χ3v) is 2.47. The fraction of sp³-hybridized carbons (Fsp3) is 0.900. The highest BCUT2D eigenvalue weighted by Gasteiger charge is 2.29. The monoisotopic (exact) mass is 199 g/mol. The van der Waals surface area contributed by atoms with Crippen LogP contribution < -0.4 is 5.32 Å². The number of nitrogens with one attached hydrogen (secondary N) is 1. The molecule has 4 heteroatoms. The van der Waals surface area contributed by atoms with Crippen LogP contribution in [0.2, 0.25) is 0 Å². The number of carbonyl (C=O) groups excluding carboxylic acids is 1. The van der Waals surface area contributed by atoms with Crippen LogP contribution in [0.1, 0.15) is 13.8 Å². The van der Waals surface area contributed by atoms with E-state index >= 15 is 0 Å². The summed E-state index contributed by atoms with van der Waals surface area (Å²) in [5.74, 6) is 0.214. The van der Waals surface area contributed by atoms with Crippen LogP contribution in [0.4, 0.5) is 0 Å². The van der Waals surface area contributed by atoms with E-state index in [1.807, 2.05) is 19.0 Å². The average molecular weight is 199 g/mol. The fourth-order valence-electron chi connectivity index (χ4n) is 1.57. The summed E-state index contributed by atoms with van der Waals surface area (Å²) in [5, 5.41) is 3.22. The molecule has 4 nitrogen and oxygen atoms in total. The number of hydrogen-bond donors (Lipinski definition) is 1. The van der Waals surface area contributed by atoms with Gasteiger partial charge in [0.25, 0.3) is 0 Å². The third kappa shape index (κ3) is 3.27. The van der Waals surface area contributed by atoms with Crippen LogP contribution in [-0.2, 0) is 4.79 Å². The highest BCUT2D eigenvalue weighted by atomic mass is 16.2. The van der Waals surface area contributed by atoms with Gasteiger partial charge < -0.3 is 15.1 Å². The molecular formula is C10H21N3O. The first-order valence-electron chi connectivity index (χ1n) is 5.08. The van der Waals surface area contributed by atoms with Gasteiger partial charge in [0, 0.05) is 25.2 Å². The van der Waals surface area contributed by atoms with Crippen LogP contribution in [0, 0.1) is 0 Å². The lowest BCUT2D eigenvalue weighted by molar-refractivity contribution is -0.134. The first-order valence-corrected chi connectivity index (χ1v) is 5.08. The predicted molar refractivity (Wildman–Crippen MR) is 57.2 cm³/mol. The molecule has 1 aliphatic heterocycles. The standard InChI is InChI=1S/C10H21N3O/c1-10(2)8-13(6-5-12(3)4)9(14)7-11-10/h11H,5-8H2,1-4H3. The van der Waals surface area contributed by atoms with E-state index in [0.29, 0.717) is 6.54 Å². The number of rotatable bonds is 3. The minimum Gasteiger partial charge on any atom is -0.338 e. The second-order valence-corrected chi connectivity index (χ2v) is 4.86. The van der Waals surface area contributed by atoms with Crippen molar-refractivity contribution < 1.29 is 4.79 Å². The maximum absolute atomic E-state index is 11.5. The van der Waals surface area contributed by atoms with Crippen molar-refractivity contribution in [3.63, 3.8) is 0 Å².